The maximum Gasteiger partial charge on any atom is 0.128 e. The molecule has 0 saturated heterocycles. The Hall–Kier alpha value is -0.930. The number of ether oxygens (including phenoxy) is 1. The molecule has 1 unspecified atom stereocenters. The molecule has 0 radical (unpaired) electrons. The lowest BCUT2D eigenvalue weighted by molar-refractivity contribution is -0.0836. The zero-order valence-corrected chi connectivity index (χ0v) is 12.3. The summed E-state index contributed by atoms with van der Waals surface area (Å²) in [5.41, 5.74) is 2.72. The largest absolute Gasteiger partial charge is 0.378 e. The maximum absolute atomic E-state index is 14.3. The van der Waals surface area contributed by atoms with Crippen LogP contribution in [0.2, 0.25) is 0 Å². The van der Waals surface area contributed by atoms with Crippen LogP contribution in [0.4, 0.5) is 4.39 Å². The zero-order valence-electron chi connectivity index (χ0n) is 12.3. The molecule has 0 heterocycles. The standard InChI is InChI=1S/C16H24FNO/c1-11-8-12(2)15(13(17)9-11)14(18-3)10-16(19-4)6-5-7-16/h8-9,14,18H,5-7,10H2,1-4H3. The van der Waals surface area contributed by atoms with E-state index >= 15 is 0 Å². The van der Waals surface area contributed by atoms with E-state index in [-0.39, 0.29) is 17.5 Å². The van der Waals surface area contributed by atoms with Crippen molar-refractivity contribution in [3.8, 4) is 0 Å². The highest BCUT2D eigenvalue weighted by Crippen LogP contribution is 2.42. The van der Waals surface area contributed by atoms with Crippen LogP contribution in [0, 0.1) is 19.7 Å². The summed E-state index contributed by atoms with van der Waals surface area (Å²) in [7, 11) is 3.66. The number of hydrogen-bond acceptors (Lipinski definition) is 2. The van der Waals surface area contributed by atoms with Crippen molar-refractivity contribution in [1.29, 1.82) is 0 Å². The number of aryl methyl sites for hydroxylation is 2. The Balaban J connectivity index is 2.27. The van der Waals surface area contributed by atoms with Crippen molar-refractivity contribution in [2.75, 3.05) is 14.2 Å². The summed E-state index contributed by atoms with van der Waals surface area (Å²) < 4.78 is 19.9. The van der Waals surface area contributed by atoms with Gasteiger partial charge in [-0.15, -0.1) is 0 Å². The predicted molar refractivity (Wildman–Crippen MR) is 75.9 cm³/mol. The van der Waals surface area contributed by atoms with Gasteiger partial charge in [0, 0.05) is 18.7 Å². The molecule has 19 heavy (non-hydrogen) atoms. The smallest absolute Gasteiger partial charge is 0.128 e. The minimum atomic E-state index is -0.109. The van der Waals surface area contributed by atoms with Crippen LogP contribution in [-0.2, 0) is 4.74 Å². The molecule has 3 heteroatoms. The van der Waals surface area contributed by atoms with Crippen molar-refractivity contribution in [1.82, 2.24) is 5.32 Å². The monoisotopic (exact) mass is 265 g/mol. The summed E-state index contributed by atoms with van der Waals surface area (Å²) in [4.78, 5) is 0. The van der Waals surface area contributed by atoms with Crippen LogP contribution in [0.15, 0.2) is 12.1 Å². The van der Waals surface area contributed by atoms with E-state index in [0.29, 0.717) is 0 Å². The van der Waals surface area contributed by atoms with Gasteiger partial charge in [0.15, 0.2) is 0 Å². The minimum absolute atomic E-state index is 0.0147. The molecule has 2 rings (SSSR count). The third kappa shape index (κ3) is 2.82. The van der Waals surface area contributed by atoms with E-state index in [0.717, 1.165) is 36.0 Å². The fourth-order valence-electron chi connectivity index (χ4n) is 3.15. The first-order valence-corrected chi connectivity index (χ1v) is 7.00. The van der Waals surface area contributed by atoms with E-state index in [1.54, 1.807) is 13.2 Å². The summed E-state index contributed by atoms with van der Waals surface area (Å²) >= 11 is 0. The molecule has 0 aromatic heterocycles. The number of nitrogens with one attached hydrogen (secondary N) is 1. The van der Waals surface area contributed by atoms with Crippen LogP contribution in [-0.4, -0.2) is 19.8 Å². The minimum Gasteiger partial charge on any atom is -0.378 e. The molecule has 1 aliphatic carbocycles. The predicted octanol–water partition coefficient (Wildman–Crippen LogP) is 3.66. The molecule has 106 valence electrons. The van der Waals surface area contributed by atoms with Gasteiger partial charge in [0.25, 0.3) is 0 Å². The maximum atomic E-state index is 14.3. The molecule has 1 atom stereocenters. The molecule has 1 aromatic carbocycles. The second-order valence-corrected chi connectivity index (χ2v) is 5.76. The topological polar surface area (TPSA) is 21.3 Å². The Bertz CT molecular complexity index is 426. The van der Waals surface area contributed by atoms with Crippen LogP contribution in [0.5, 0.6) is 0 Å². The van der Waals surface area contributed by atoms with Crippen molar-refractivity contribution in [2.24, 2.45) is 0 Å². The van der Waals surface area contributed by atoms with Gasteiger partial charge in [-0.05, 0) is 63.8 Å². The summed E-state index contributed by atoms with van der Waals surface area (Å²) in [5, 5.41) is 3.26. The average molecular weight is 265 g/mol. The van der Waals surface area contributed by atoms with Crippen LogP contribution < -0.4 is 5.32 Å². The second kappa shape index (κ2) is 5.59. The fourth-order valence-corrected chi connectivity index (χ4v) is 3.15. The summed E-state index contributed by atoms with van der Waals surface area (Å²) in [6.07, 6.45) is 4.20. The van der Waals surface area contributed by atoms with Crippen LogP contribution in [0.25, 0.3) is 0 Å². The summed E-state index contributed by atoms with van der Waals surface area (Å²) in [5.74, 6) is -0.109. The van der Waals surface area contributed by atoms with E-state index in [4.69, 9.17) is 4.74 Å². The van der Waals surface area contributed by atoms with Crippen molar-refractivity contribution in [3.63, 3.8) is 0 Å². The van der Waals surface area contributed by atoms with E-state index in [9.17, 15) is 4.39 Å². The first-order valence-electron chi connectivity index (χ1n) is 7.00. The Labute approximate surface area is 115 Å². The average Bonchev–Trinajstić information content (AvgIpc) is 2.30. The highest BCUT2D eigenvalue weighted by molar-refractivity contribution is 5.34. The van der Waals surface area contributed by atoms with Crippen molar-refractivity contribution in [2.45, 2.75) is 51.2 Å². The third-order valence-electron chi connectivity index (χ3n) is 4.45. The van der Waals surface area contributed by atoms with Crippen molar-refractivity contribution >= 4 is 0 Å². The van der Waals surface area contributed by atoms with Gasteiger partial charge in [-0.3, -0.25) is 0 Å². The lowest BCUT2D eigenvalue weighted by Gasteiger charge is -2.43. The molecule has 0 aliphatic heterocycles. The van der Waals surface area contributed by atoms with Gasteiger partial charge in [-0.25, -0.2) is 4.39 Å². The van der Waals surface area contributed by atoms with Crippen LogP contribution in [0.3, 0.4) is 0 Å². The number of benzene rings is 1. The van der Waals surface area contributed by atoms with Gasteiger partial charge >= 0.3 is 0 Å². The molecule has 1 aromatic rings. The van der Waals surface area contributed by atoms with Gasteiger partial charge in [-0.2, -0.15) is 0 Å². The van der Waals surface area contributed by atoms with Crippen LogP contribution >= 0.6 is 0 Å². The quantitative estimate of drug-likeness (QED) is 0.877. The Kier molecular flexibility index (Phi) is 4.26. The van der Waals surface area contributed by atoms with E-state index in [2.05, 4.69) is 5.32 Å². The van der Waals surface area contributed by atoms with Crippen LogP contribution in [0.1, 0.15) is 48.4 Å². The molecule has 0 amide bonds. The fraction of sp³-hybridized carbons (Fsp3) is 0.625. The second-order valence-electron chi connectivity index (χ2n) is 5.76. The Morgan fingerprint density at radius 2 is 2.05 bits per heavy atom. The SMILES string of the molecule is CNC(CC1(OC)CCC1)c1c(C)cc(C)cc1F. The molecule has 1 fully saturated rings. The molecular formula is C16H24FNO. The van der Waals surface area contributed by atoms with E-state index < -0.39 is 0 Å². The normalized spacial score (nSPS) is 19.0. The summed E-state index contributed by atoms with van der Waals surface area (Å²) in [6, 6.07) is 3.68. The number of rotatable bonds is 5. The van der Waals surface area contributed by atoms with Gasteiger partial charge in [0.05, 0.1) is 5.60 Å². The van der Waals surface area contributed by atoms with Gasteiger partial charge in [0.2, 0.25) is 0 Å². The number of methoxy groups -OCH3 is 1. The first kappa shape index (κ1) is 14.5. The summed E-state index contributed by atoms with van der Waals surface area (Å²) in [6.45, 7) is 3.91. The first-order chi connectivity index (χ1) is 9.01. The van der Waals surface area contributed by atoms with Crippen molar-refractivity contribution in [3.05, 3.63) is 34.6 Å². The number of halogens is 1. The third-order valence-corrected chi connectivity index (χ3v) is 4.45. The lowest BCUT2D eigenvalue weighted by Crippen LogP contribution is -2.42. The molecule has 1 saturated carbocycles. The Morgan fingerprint density at radius 1 is 1.37 bits per heavy atom. The molecule has 1 N–H and O–H groups in total. The molecular weight excluding hydrogens is 241 g/mol. The van der Waals surface area contributed by atoms with E-state index in [1.807, 2.05) is 27.0 Å². The lowest BCUT2D eigenvalue weighted by atomic mass is 9.74. The molecule has 2 nitrogen and oxygen atoms in total. The van der Waals surface area contributed by atoms with Crippen molar-refractivity contribution < 1.29 is 9.13 Å². The highest BCUT2D eigenvalue weighted by atomic mass is 19.1. The molecule has 0 bridgehead atoms. The zero-order chi connectivity index (χ0) is 14.0. The van der Waals surface area contributed by atoms with E-state index in [1.165, 1.54) is 6.42 Å². The highest BCUT2D eigenvalue weighted by Gasteiger charge is 2.39. The Morgan fingerprint density at radius 3 is 2.47 bits per heavy atom. The van der Waals surface area contributed by atoms with Gasteiger partial charge in [0.1, 0.15) is 5.82 Å². The molecule has 1 aliphatic rings. The van der Waals surface area contributed by atoms with Gasteiger partial charge < -0.3 is 10.1 Å². The molecule has 0 spiro atoms. The number of hydrogen-bond donors (Lipinski definition) is 1. The van der Waals surface area contributed by atoms with Gasteiger partial charge in [-0.1, -0.05) is 6.07 Å².